The van der Waals surface area contributed by atoms with Gasteiger partial charge < -0.3 is 5.32 Å². The smallest absolute Gasteiger partial charge is 0.0140 e. The third kappa shape index (κ3) is 1.94. The molecule has 2 nitrogen and oxygen atoms in total. The summed E-state index contributed by atoms with van der Waals surface area (Å²) >= 11 is 0. The lowest BCUT2D eigenvalue weighted by atomic mass is 9.92. The fourth-order valence-corrected chi connectivity index (χ4v) is 3.77. The van der Waals surface area contributed by atoms with E-state index >= 15 is 0 Å². The van der Waals surface area contributed by atoms with Crippen LogP contribution in [0.3, 0.4) is 0 Å². The second-order valence-corrected chi connectivity index (χ2v) is 5.22. The fourth-order valence-electron chi connectivity index (χ4n) is 3.77. The molecule has 2 saturated heterocycles. The number of nitrogens with one attached hydrogen (secondary N) is 1. The SMILES string of the molecule is CCC(CC)N1CC2CNCC2C1CC. The van der Waals surface area contributed by atoms with Crippen LogP contribution in [0.5, 0.6) is 0 Å². The zero-order valence-corrected chi connectivity index (χ0v) is 10.5. The van der Waals surface area contributed by atoms with Gasteiger partial charge in [0.1, 0.15) is 0 Å². The molecule has 0 spiro atoms. The molecule has 2 heteroatoms. The van der Waals surface area contributed by atoms with Gasteiger partial charge in [-0.1, -0.05) is 20.8 Å². The summed E-state index contributed by atoms with van der Waals surface area (Å²) in [6.07, 6.45) is 3.97. The van der Waals surface area contributed by atoms with Crippen LogP contribution in [-0.2, 0) is 0 Å². The maximum absolute atomic E-state index is 3.56. The van der Waals surface area contributed by atoms with Crippen molar-refractivity contribution in [2.45, 2.75) is 52.1 Å². The topological polar surface area (TPSA) is 15.3 Å². The molecule has 2 rings (SSSR count). The summed E-state index contributed by atoms with van der Waals surface area (Å²) in [5.74, 6) is 1.88. The van der Waals surface area contributed by atoms with Gasteiger partial charge in [0, 0.05) is 18.6 Å². The highest BCUT2D eigenvalue weighted by atomic mass is 15.2. The van der Waals surface area contributed by atoms with Crippen molar-refractivity contribution in [3.63, 3.8) is 0 Å². The molecule has 0 aliphatic carbocycles. The first-order valence-corrected chi connectivity index (χ1v) is 6.78. The first-order chi connectivity index (χ1) is 7.31. The van der Waals surface area contributed by atoms with Gasteiger partial charge >= 0.3 is 0 Å². The number of hydrogen-bond acceptors (Lipinski definition) is 2. The number of rotatable bonds is 4. The van der Waals surface area contributed by atoms with Crippen LogP contribution >= 0.6 is 0 Å². The van der Waals surface area contributed by atoms with Crippen LogP contribution in [0, 0.1) is 11.8 Å². The maximum atomic E-state index is 3.56. The fraction of sp³-hybridized carbons (Fsp3) is 1.00. The van der Waals surface area contributed by atoms with Crippen LogP contribution in [0.2, 0.25) is 0 Å². The molecule has 2 aliphatic rings. The van der Waals surface area contributed by atoms with Crippen molar-refractivity contribution in [2.24, 2.45) is 11.8 Å². The van der Waals surface area contributed by atoms with Crippen LogP contribution in [-0.4, -0.2) is 36.6 Å². The Hall–Kier alpha value is -0.0800. The van der Waals surface area contributed by atoms with Crippen molar-refractivity contribution in [3.05, 3.63) is 0 Å². The average Bonchev–Trinajstić information content (AvgIpc) is 2.79. The Balaban J connectivity index is 2.06. The zero-order valence-electron chi connectivity index (χ0n) is 10.5. The first kappa shape index (κ1) is 11.4. The normalized spacial score (nSPS) is 36.4. The highest BCUT2D eigenvalue weighted by molar-refractivity contribution is 4.99. The summed E-state index contributed by atoms with van der Waals surface area (Å²) in [6.45, 7) is 10.9. The Morgan fingerprint density at radius 1 is 1.20 bits per heavy atom. The van der Waals surface area contributed by atoms with E-state index in [1.165, 1.54) is 38.9 Å². The van der Waals surface area contributed by atoms with Crippen molar-refractivity contribution < 1.29 is 0 Å². The van der Waals surface area contributed by atoms with Crippen LogP contribution in [0.15, 0.2) is 0 Å². The lowest BCUT2D eigenvalue weighted by Gasteiger charge is -2.33. The number of likely N-dealkylation sites (tertiary alicyclic amines) is 1. The van der Waals surface area contributed by atoms with E-state index in [1.807, 2.05) is 0 Å². The van der Waals surface area contributed by atoms with E-state index in [2.05, 4.69) is 31.0 Å². The van der Waals surface area contributed by atoms with Crippen LogP contribution in [0.4, 0.5) is 0 Å². The molecule has 3 atom stereocenters. The molecule has 0 amide bonds. The Labute approximate surface area is 94.4 Å². The molecule has 15 heavy (non-hydrogen) atoms. The maximum Gasteiger partial charge on any atom is 0.0140 e. The van der Waals surface area contributed by atoms with Gasteiger partial charge in [-0.3, -0.25) is 4.90 Å². The standard InChI is InChI=1S/C13H26N2/c1-4-11(5-2)15-9-10-7-14-8-12(10)13(15)6-3/h10-14H,4-9H2,1-3H3. The van der Waals surface area contributed by atoms with E-state index in [0.717, 1.165) is 23.9 Å². The minimum absolute atomic E-state index is 0.834. The average molecular weight is 210 g/mol. The van der Waals surface area contributed by atoms with Crippen LogP contribution < -0.4 is 5.32 Å². The summed E-state index contributed by atoms with van der Waals surface area (Å²) in [6, 6.07) is 1.69. The van der Waals surface area contributed by atoms with Gasteiger partial charge in [0.25, 0.3) is 0 Å². The predicted octanol–water partition coefficient (Wildman–Crippen LogP) is 2.10. The number of hydrogen-bond donors (Lipinski definition) is 1. The summed E-state index contributed by atoms with van der Waals surface area (Å²) < 4.78 is 0. The number of nitrogens with zero attached hydrogens (tertiary/aromatic N) is 1. The largest absolute Gasteiger partial charge is 0.316 e. The van der Waals surface area contributed by atoms with Gasteiger partial charge in [-0.15, -0.1) is 0 Å². The lowest BCUT2D eigenvalue weighted by Crippen LogP contribution is -2.41. The highest BCUT2D eigenvalue weighted by Gasteiger charge is 2.44. The van der Waals surface area contributed by atoms with E-state index in [4.69, 9.17) is 0 Å². The van der Waals surface area contributed by atoms with Crippen molar-refractivity contribution in [3.8, 4) is 0 Å². The van der Waals surface area contributed by atoms with E-state index in [1.54, 1.807) is 0 Å². The summed E-state index contributed by atoms with van der Waals surface area (Å²) in [7, 11) is 0. The molecule has 2 aliphatic heterocycles. The summed E-state index contributed by atoms with van der Waals surface area (Å²) in [5, 5.41) is 3.56. The predicted molar refractivity (Wildman–Crippen MR) is 65.0 cm³/mol. The summed E-state index contributed by atoms with van der Waals surface area (Å²) in [5.41, 5.74) is 0. The number of fused-ring (bicyclic) bond motifs is 1. The van der Waals surface area contributed by atoms with Gasteiger partial charge in [-0.25, -0.2) is 0 Å². The van der Waals surface area contributed by atoms with Gasteiger partial charge in [0.15, 0.2) is 0 Å². The molecule has 0 aromatic rings. The molecule has 1 N–H and O–H groups in total. The van der Waals surface area contributed by atoms with Gasteiger partial charge in [-0.05, 0) is 44.2 Å². The molecule has 2 fully saturated rings. The van der Waals surface area contributed by atoms with Gasteiger partial charge in [0.2, 0.25) is 0 Å². The first-order valence-electron chi connectivity index (χ1n) is 6.78. The molecule has 88 valence electrons. The molecule has 0 saturated carbocycles. The molecule has 0 bridgehead atoms. The Kier molecular flexibility index (Phi) is 3.68. The van der Waals surface area contributed by atoms with Crippen molar-refractivity contribution >= 4 is 0 Å². The van der Waals surface area contributed by atoms with Crippen LogP contribution in [0.1, 0.15) is 40.0 Å². The lowest BCUT2D eigenvalue weighted by molar-refractivity contribution is 0.146. The second kappa shape index (κ2) is 4.84. The minimum Gasteiger partial charge on any atom is -0.316 e. The third-order valence-electron chi connectivity index (χ3n) is 4.59. The van der Waals surface area contributed by atoms with E-state index in [0.29, 0.717) is 0 Å². The van der Waals surface area contributed by atoms with Crippen molar-refractivity contribution in [2.75, 3.05) is 19.6 Å². The van der Waals surface area contributed by atoms with Crippen molar-refractivity contribution in [1.29, 1.82) is 0 Å². The molecular formula is C13H26N2. The van der Waals surface area contributed by atoms with E-state index in [-0.39, 0.29) is 0 Å². The summed E-state index contributed by atoms with van der Waals surface area (Å²) in [4.78, 5) is 2.82. The van der Waals surface area contributed by atoms with E-state index in [9.17, 15) is 0 Å². The van der Waals surface area contributed by atoms with Crippen LogP contribution in [0.25, 0.3) is 0 Å². The monoisotopic (exact) mass is 210 g/mol. The molecule has 0 radical (unpaired) electrons. The molecular weight excluding hydrogens is 184 g/mol. The highest BCUT2D eigenvalue weighted by Crippen LogP contribution is 2.36. The molecule has 2 heterocycles. The van der Waals surface area contributed by atoms with Gasteiger partial charge in [0.05, 0.1) is 0 Å². The Morgan fingerprint density at radius 2 is 1.93 bits per heavy atom. The third-order valence-corrected chi connectivity index (χ3v) is 4.59. The minimum atomic E-state index is 0.834. The Morgan fingerprint density at radius 3 is 2.53 bits per heavy atom. The quantitative estimate of drug-likeness (QED) is 0.764. The molecule has 3 unspecified atom stereocenters. The van der Waals surface area contributed by atoms with Crippen molar-refractivity contribution in [1.82, 2.24) is 10.2 Å². The van der Waals surface area contributed by atoms with Gasteiger partial charge in [-0.2, -0.15) is 0 Å². The Bertz CT molecular complexity index is 201. The molecule has 0 aromatic carbocycles. The second-order valence-electron chi connectivity index (χ2n) is 5.22. The molecule has 0 aromatic heterocycles. The van der Waals surface area contributed by atoms with E-state index < -0.39 is 0 Å². The zero-order chi connectivity index (χ0) is 10.8.